The van der Waals surface area contributed by atoms with E-state index < -0.39 is 0 Å². The summed E-state index contributed by atoms with van der Waals surface area (Å²) in [6, 6.07) is 12.3. The lowest BCUT2D eigenvalue weighted by Crippen LogP contribution is -2.23. The van der Waals surface area contributed by atoms with Gasteiger partial charge in [0.15, 0.2) is 5.76 Å². The smallest absolute Gasteiger partial charge is 0.255 e. The summed E-state index contributed by atoms with van der Waals surface area (Å²) in [6.45, 7) is 0.352. The summed E-state index contributed by atoms with van der Waals surface area (Å²) in [5.41, 5.74) is 2.02. The maximum atomic E-state index is 12.4. The Bertz CT molecular complexity index is 847. The van der Waals surface area contributed by atoms with Gasteiger partial charge in [-0.05, 0) is 48.0 Å². The van der Waals surface area contributed by atoms with Crippen LogP contribution < -0.4 is 10.1 Å². The van der Waals surface area contributed by atoms with Crippen LogP contribution in [0.5, 0.6) is 5.75 Å². The number of nitrogens with one attached hydrogen (secondary N) is 1. The minimum atomic E-state index is -0.259. The van der Waals surface area contributed by atoms with Crippen molar-refractivity contribution in [3.05, 3.63) is 71.1 Å². The number of carbonyl (C=O) groups is 1. The fraction of sp³-hybridized carbons (Fsp3) is 0.111. The minimum Gasteiger partial charge on any atom is -0.496 e. The molecule has 2 heterocycles. The van der Waals surface area contributed by atoms with Crippen LogP contribution in [0.1, 0.15) is 15.9 Å². The van der Waals surface area contributed by atoms with E-state index in [2.05, 4.69) is 10.3 Å². The van der Waals surface area contributed by atoms with Crippen LogP contribution in [0.4, 0.5) is 0 Å². The molecule has 0 spiro atoms. The van der Waals surface area contributed by atoms with Crippen molar-refractivity contribution in [1.29, 1.82) is 0 Å². The zero-order chi connectivity index (χ0) is 16.9. The molecule has 0 saturated carbocycles. The molecule has 5 nitrogen and oxygen atoms in total. The Morgan fingerprint density at radius 2 is 2.17 bits per heavy atom. The zero-order valence-electron chi connectivity index (χ0n) is 13.0. The lowest BCUT2D eigenvalue weighted by Gasteiger charge is -2.10. The van der Waals surface area contributed by atoms with Gasteiger partial charge in [0, 0.05) is 17.8 Å². The molecule has 0 bridgehead atoms. The van der Waals surface area contributed by atoms with E-state index in [4.69, 9.17) is 20.8 Å². The van der Waals surface area contributed by atoms with E-state index in [1.165, 1.54) is 7.11 Å². The number of aromatic nitrogens is 1. The van der Waals surface area contributed by atoms with Gasteiger partial charge in [-0.3, -0.25) is 9.78 Å². The van der Waals surface area contributed by atoms with Crippen molar-refractivity contribution in [2.45, 2.75) is 6.54 Å². The molecule has 0 aliphatic heterocycles. The summed E-state index contributed by atoms with van der Waals surface area (Å²) in [6.07, 6.45) is 3.27. The highest BCUT2D eigenvalue weighted by Crippen LogP contribution is 2.23. The average Bonchev–Trinajstić information content (AvgIpc) is 3.14. The summed E-state index contributed by atoms with van der Waals surface area (Å²) in [5, 5.41) is 3.33. The van der Waals surface area contributed by atoms with E-state index in [9.17, 15) is 4.79 Å². The van der Waals surface area contributed by atoms with Crippen LogP contribution in [0.2, 0.25) is 5.02 Å². The fourth-order valence-corrected chi connectivity index (χ4v) is 2.45. The molecule has 1 amide bonds. The molecule has 1 aromatic carbocycles. The molecule has 3 aromatic rings. The number of ether oxygens (including phenoxy) is 1. The SMILES string of the molecule is COc1ccc(Cl)cc1C(=O)NCc1ccnc(-c2ccco2)c1. The Morgan fingerprint density at radius 1 is 1.29 bits per heavy atom. The molecule has 0 aliphatic rings. The summed E-state index contributed by atoms with van der Waals surface area (Å²) in [4.78, 5) is 16.6. The second kappa shape index (κ2) is 7.19. The van der Waals surface area contributed by atoms with Gasteiger partial charge in [-0.2, -0.15) is 0 Å². The number of rotatable bonds is 5. The second-order valence-corrected chi connectivity index (χ2v) is 5.49. The highest BCUT2D eigenvalue weighted by Gasteiger charge is 2.13. The molecule has 6 heteroatoms. The molecule has 1 N–H and O–H groups in total. The van der Waals surface area contributed by atoms with E-state index in [0.717, 1.165) is 5.56 Å². The predicted molar refractivity (Wildman–Crippen MR) is 91.1 cm³/mol. The number of hydrogen-bond acceptors (Lipinski definition) is 4. The first-order valence-electron chi connectivity index (χ1n) is 7.28. The summed E-state index contributed by atoms with van der Waals surface area (Å²) >= 11 is 5.96. The third kappa shape index (κ3) is 3.58. The number of halogens is 1. The van der Waals surface area contributed by atoms with Crippen LogP contribution >= 0.6 is 11.6 Å². The number of amides is 1. The van der Waals surface area contributed by atoms with Gasteiger partial charge < -0.3 is 14.5 Å². The maximum absolute atomic E-state index is 12.4. The van der Waals surface area contributed by atoms with Gasteiger partial charge in [0.25, 0.3) is 5.91 Å². The Morgan fingerprint density at radius 3 is 2.92 bits per heavy atom. The number of pyridine rings is 1. The monoisotopic (exact) mass is 342 g/mol. The van der Waals surface area contributed by atoms with Crippen molar-refractivity contribution in [1.82, 2.24) is 10.3 Å². The van der Waals surface area contributed by atoms with Crippen molar-refractivity contribution in [3.63, 3.8) is 0 Å². The Hall–Kier alpha value is -2.79. The molecule has 24 heavy (non-hydrogen) atoms. The van der Waals surface area contributed by atoms with Crippen LogP contribution in [0, 0.1) is 0 Å². The van der Waals surface area contributed by atoms with Gasteiger partial charge >= 0.3 is 0 Å². The van der Waals surface area contributed by atoms with Gasteiger partial charge in [-0.15, -0.1) is 0 Å². The normalized spacial score (nSPS) is 10.4. The van der Waals surface area contributed by atoms with Crippen molar-refractivity contribution >= 4 is 17.5 Å². The first kappa shape index (κ1) is 16.1. The molecule has 122 valence electrons. The summed E-state index contributed by atoms with van der Waals surface area (Å²) in [5.74, 6) is 0.897. The van der Waals surface area contributed by atoms with Gasteiger partial charge in [-0.25, -0.2) is 0 Å². The number of carbonyl (C=O) groups excluding carboxylic acids is 1. The molecule has 0 atom stereocenters. The second-order valence-electron chi connectivity index (χ2n) is 5.05. The molecule has 0 unspecified atom stereocenters. The van der Waals surface area contributed by atoms with Gasteiger partial charge in [-0.1, -0.05) is 11.6 Å². The molecule has 2 aromatic heterocycles. The zero-order valence-corrected chi connectivity index (χ0v) is 13.7. The molecule has 0 fully saturated rings. The van der Waals surface area contributed by atoms with Crippen molar-refractivity contribution in [2.24, 2.45) is 0 Å². The van der Waals surface area contributed by atoms with Gasteiger partial charge in [0.1, 0.15) is 11.4 Å². The molecule has 3 rings (SSSR count). The number of benzene rings is 1. The molecule has 0 radical (unpaired) electrons. The summed E-state index contributed by atoms with van der Waals surface area (Å²) in [7, 11) is 1.51. The number of hydrogen-bond donors (Lipinski definition) is 1. The van der Waals surface area contributed by atoms with E-state index in [1.807, 2.05) is 18.2 Å². The number of furan rings is 1. The van der Waals surface area contributed by atoms with Crippen molar-refractivity contribution in [3.8, 4) is 17.2 Å². The van der Waals surface area contributed by atoms with Crippen LogP contribution in [-0.2, 0) is 6.54 Å². The van der Waals surface area contributed by atoms with Gasteiger partial charge in [0.2, 0.25) is 0 Å². The maximum Gasteiger partial charge on any atom is 0.255 e. The highest BCUT2D eigenvalue weighted by atomic mass is 35.5. The molecular formula is C18H15ClN2O3. The lowest BCUT2D eigenvalue weighted by atomic mass is 10.1. The van der Waals surface area contributed by atoms with E-state index in [0.29, 0.717) is 34.3 Å². The Balaban J connectivity index is 1.73. The number of methoxy groups -OCH3 is 1. The topological polar surface area (TPSA) is 64.4 Å². The third-order valence-corrected chi connectivity index (χ3v) is 3.69. The largest absolute Gasteiger partial charge is 0.496 e. The van der Waals surface area contributed by atoms with Crippen molar-refractivity contribution < 1.29 is 13.9 Å². The van der Waals surface area contributed by atoms with Crippen LogP contribution in [-0.4, -0.2) is 18.0 Å². The third-order valence-electron chi connectivity index (χ3n) is 3.46. The minimum absolute atomic E-state index is 0.259. The standard InChI is InChI=1S/C18H15ClN2O3/c1-23-16-5-4-13(19)10-14(16)18(22)21-11-12-6-7-20-15(9-12)17-3-2-8-24-17/h2-10H,11H2,1H3,(H,21,22). The molecule has 0 saturated heterocycles. The van der Waals surface area contributed by atoms with E-state index >= 15 is 0 Å². The van der Waals surface area contributed by atoms with Crippen molar-refractivity contribution in [2.75, 3.05) is 7.11 Å². The molecule has 0 aliphatic carbocycles. The fourth-order valence-electron chi connectivity index (χ4n) is 2.28. The Kier molecular flexibility index (Phi) is 4.82. The molecular weight excluding hydrogens is 328 g/mol. The highest BCUT2D eigenvalue weighted by molar-refractivity contribution is 6.31. The first-order valence-corrected chi connectivity index (χ1v) is 7.65. The lowest BCUT2D eigenvalue weighted by molar-refractivity contribution is 0.0948. The Labute approximate surface area is 144 Å². The van der Waals surface area contributed by atoms with Crippen LogP contribution in [0.25, 0.3) is 11.5 Å². The van der Waals surface area contributed by atoms with Gasteiger partial charge in [0.05, 0.1) is 18.9 Å². The predicted octanol–water partition coefficient (Wildman–Crippen LogP) is 3.93. The van der Waals surface area contributed by atoms with Crippen LogP contribution in [0.15, 0.2) is 59.3 Å². The summed E-state index contributed by atoms with van der Waals surface area (Å²) < 4.78 is 10.5. The van der Waals surface area contributed by atoms with E-state index in [1.54, 1.807) is 36.7 Å². The number of nitrogens with zero attached hydrogens (tertiary/aromatic N) is 1. The average molecular weight is 343 g/mol. The van der Waals surface area contributed by atoms with E-state index in [-0.39, 0.29) is 5.91 Å². The van der Waals surface area contributed by atoms with Crippen LogP contribution in [0.3, 0.4) is 0 Å². The quantitative estimate of drug-likeness (QED) is 0.763. The first-order chi connectivity index (χ1) is 11.7.